The number of hydrogen-bond donors (Lipinski definition) is 1. The summed E-state index contributed by atoms with van der Waals surface area (Å²) >= 11 is 1.46. The van der Waals surface area contributed by atoms with Crippen LogP contribution in [0.4, 0.5) is 0 Å². The molecule has 1 amide bonds. The molecule has 0 unspecified atom stereocenters. The Morgan fingerprint density at radius 1 is 1.24 bits per heavy atom. The van der Waals surface area contributed by atoms with E-state index >= 15 is 0 Å². The van der Waals surface area contributed by atoms with E-state index in [9.17, 15) is 4.79 Å². The SMILES string of the molecule is CC(C)c1noc(CCCNC(=O)c2sccc2-c2ccccc2)n1. The van der Waals surface area contributed by atoms with Crippen LogP contribution >= 0.6 is 11.3 Å². The molecule has 2 aromatic heterocycles. The summed E-state index contributed by atoms with van der Waals surface area (Å²) in [6.45, 7) is 4.63. The normalized spacial score (nSPS) is 11.0. The van der Waals surface area contributed by atoms with Crippen LogP contribution < -0.4 is 5.32 Å². The first kappa shape index (κ1) is 17.4. The number of aryl methyl sites for hydroxylation is 1. The van der Waals surface area contributed by atoms with Crippen LogP contribution in [0.1, 0.15) is 47.6 Å². The van der Waals surface area contributed by atoms with Crippen LogP contribution in [-0.4, -0.2) is 22.6 Å². The van der Waals surface area contributed by atoms with E-state index in [0.717, 1.165) is 28.2 Å². The maximum absolute atomic E-state index is 12.5. The molecule has 6 heteroatoms. The van der Waals surface area contributed by atoms with Crippen molar-refractivity contribution in [2.24, 2.45) is 0 Å². The van der Waals surface area contributed by atoms with E-state index in [-0.39, 0.29) is 11.8 Å². The lowest BCUT2D eigenvalue weighted by Gasteiger charge is -2.05. The summed E-state index contributed by atoms with van der Waals surface area (Å²) in [6, 6.07) is 11.9. The first-order valence-corrected chi connectivity index (χ1v) is 9.26. The third-order valence-corrected chi connectivity index (χ3v) is 4.72. The zero-order chi connectivity index (χ0) is 17.6. The van der Waals surface area contributed by atoms with Gasteiger partial charge < -0.3 is 9.84 Å². The number of benzene rings is 1. The van der Waals surface area contributed by atoms with Crippen LogP contribution in [0, 0.1) is 0 Å². The largest absolute Gasteiger partial charge is 0.351 e. The van der Waals surface area contributed by atoms with Gasteiger partial charge in [0.25, 0.3) is 5.91 Å². The van der Waals surface area contributed by atoms with Gasteiger partial charge in [-0.05, 0) is 23.4 Å². The van der Waals surface area contributed by atoms with E-state index < -0.39 is 0 Å². The molecule has 0 saturated heterocycles. The van der Waals surface area contributed by atoms with Gasteiger partial charge in [-0.1, -0.05) is 49.3 Å². The molecule has 0 radical (unpaired) electrons. The van der Waals surface area contributed by atoms with Gasteiger partial charge in [0.2, 0.25) is 5.89 Å². The molecule has 0 aliphatic rings. The summed E-state index contributed by atoms with van der Waals surface area (Å²) in [6.07, 6.45) is 1.42. The molecule has 3 rings (SSSR count). The Kier molecular flexibility index (Phi) is 5.60. The Hall–Kier alpha value is -2.47. The second-order valence-electron chi connectivity index (χ2n) is 6.09. The van der Waals surface area contributed by atoms with Gasteiger partial charge in [0.05, 0.1) is 4.88 Å². The highest BCUT2D eigenvalue weighted by molar-refractivity contribution is 7.12. The van der Waals surface area contributed by atoms with E-state index in [2.05, 4.69) is 15.5 Å². The monoisotopic (exact) mass is 355 g/mol. The average Bonchev–Trinajstić information content (AvgIpc) is 3.29. The number of carbonyl (C=O) groups is 1. The third kappa shape index (κ3) is 4.33. The third-order valence-electron chi connectivity index (χ3n) is 3.81. The fourth-order valence-electron chi connectivity index (χ4n) is 2.46. The highest BCUT2D eigenvalue weighted by Gasteiger charge is 2.14. The van der Waals surface area contributed by atoms with Crippen LogP contribution in [0.5, 0.6) is 0 Å². The van der Waals surface area contributed by atoms with Crippen molar-refractivity contribution in [2.45, 2.75) is 32.6 Å². The van der Waals surface area contributed by atoms with Crippen LogP contribution in [0.15, 0.2) is 46.3 Å². The standard InChI is InChI=1S/C19H21N3O2S/c1-13(2)18-21-16(24-22-18)9-6-11-20-19(23)17-15(10-12-25-17)14-7-4-3-5-8-14/h3-5,7-8,10,12-13H,6,9,11H2,1-2H3,(H,20,23). The first-order valence-electron chi connectivity index (χ1n) is 8.38. The Morgan fingerprint density at radius 2 is 2.04 bits per heavy atom. The quantitative estimate of drug-likeness (QED) is 0.642. The van der Waals surface area contributed by atoms with E-state index in [1.54, 1.807) is 0 Å². The minimum Gasteiger partial charge on any atom is -0.351 e. The lowest BCUT2D eigenvalue weighted by atomic mass is 10.1. The van der Waals surface area contributed by atoms with Gasteiger partial charge in [0.15, 0.2) is 5.82 Å². The van der Waals surface area contributed by atoms with Crippen molar-refractivity contribution in [3.05, 3.63) is 58.4 Å². The average molecular weight is 355 g/mol. The number of carbonyl (C=O) groups excluding carboxylic acids is 1. The van der Waals surface area contributed by atoms with Crippen LogP contribution in [0.2, 0.25) is 0 Å². The van der Waals surface area contributed by atoms with Crippen LogP contribution in [0.3, 0.4) is 0 Å². The van der Waals surface area contributed by atoms with Crippen LogP contribution in [-0.2, 0) is 6.42 Å². The topological polar surface area (TPSA) is 68.0 Å². The summed E-state index contributed by atoms with van der Waals surface area (Å²) in [4.78, 5) is 17.5. The summed E-state index contributed by atoms with van der Waals surface area (Å²) in [7, 11) is 0. The molecule has 130 valence electrons. The summed E-state index contributed by atoms with van der Waals surface area (Å²) in [5.41, 5.74) is 2.03. The first-order chi connectivity index (χ1) is 12.1. The van der Waals surface area contributed by atoms with E-state index in [0.29, 0.717) is 18.9 Å². The van der Waals surface area contributed by atoms with Crippen LogP contribution in [0.25, 0.3) is 11.1 Å². The number of amides is 1. The molecule has 1 N–H and O–H groups in total. The summed E-state index contributed by atoms with van der Waals surface area (Å²) in [5, 5.41) is 8.87. The highest BCUT2D eigenvalue weighted by atomic mass is 32.1. The number of rotatable bonds is 7. The summed E-state index contributed by atoms with van der Waals surface area (Å²) in [5.74, 6) is 1.57. The molecule has 0 bridgehead atoms. The molecule has 0 aliphatic heterocycles. The number of aromatic nitrogens is 2. The molecule has 5 nitrogen and oxygen atoms in total. The van der Waals surface area contributed by atoms with E-state index in [1.165, 1.54) is 11.3 Å². The minimum absolute atomic E-state index is 0.0396. The van der Waals surface area contributed by atoms with Crippen molar-refractivity contribution in [3.8, 4) is 11.1 Å². The maximum atomic E-state index is 12.5. The molecule has 3 aromatic rings. The molecule has 0 fully saturated rings. The Balaban J connectivity index is 1.52. The molecule has 0 spiro atoms. The lowest BCUT2D eigenvalue weighted by Crippen LogP contribution is -2.24. The molecular formula is C19H21N3O2S. The Bertz CT molecular complexity index is 824. The van der Waals surface area contributed by atoms with Gasteiger partial charge in [-0.2, -0.15) is 4.98 Å². The highest BCUT2D eigenvalue weighted by Crippen LogP contribution is 2.28. The van der Waals surface area contributed by atoms with Crippen molar-refractivity contribution < 1.29 is 9.32 Å². The maximum Gasteiger partial charge on any atom is 0.261 e. The molecular weight excluding hydrogens is 334 g/mol. The zero-order valence-corrected chi connectivity index (χ0v) is 15.2. The number of nitrogens with zero attached hydrogens (tertiary/aromatic N) is 2. The fraction of sp³-hybridized carbons (Fsp3) is 0.316. The minimum atomic E-state index is -0.0396. The van der Waals surface area contributed by atoms with Gasteiger partial charge in [-0.3, -0.25) is 4.79 Å². The predicted molar refractivity (Wildman–Crippen MR) is 98.8 cm³/mol. The molecule has 1 aromatic carbocycles. The van der Waals surface area contributed by atoms with Crippen molar-refractivity contribution in [1.29, 1.82) is 0 Å². The number of thiophene rings is 1. The van der Waals surface area contributed by atoms with Gasteiger partial charge in [0, 0.05) is 24.4 Å². The molecule has 0 saturated carbocycles. The molecule has 2 heterocycles. The zero-order valence-electron chi connectivity index (χ0n) is 14.4. The Labute approximate surface area is 151 Å². The van der Waals surface area contributed by atoms with Crippen molar-refractivity contribution in [2.75, 3.05) is 6.54 Å². The second kappa shape index (κ2) is 8.07. The lowest BCUT2D eigenvalue weighted by molar-refractivity contribution is 0.0957. The van der Waals surface area contributed by atoms with E-state index in [1.807, 2.05) is 55.6 Å². The van der Waals surface area contributed by atoms with Crippen molar-refractivity contribution >= 4 is 17.2 Å². The second-order valence-corrected chi connectivity index (χ2v) is 7.01. The van der Waals surface area contributed by atoms with Gasteiger partial charge in [0.1, 0.15) is 0 Å². The summed E-state index contributed by atoms with van der Waals surface area (Å²) < 4.78 is 5.21. The van der Waals surface area contributed by atoms with Gasteiger partial charge in [-0.25, -0.2) is 0 Å². The Morgan fingerprint density at radius 3 is 2.76 bits per heavy atom. The number of nitrogens with one attached hydrogen (secondary N) is 1. The van der Waals surface area contributed by atoms with Crippen molar-refractivity contribution in [3.63, 3.8) is 0 Å². The van der Waals surface area contributed by atoms with E-state index in [4.69, 9.17) is 4.52 Å². The van der Waals surface area contributed by atoms with Gasteiger partial charge >= 0.3 is 0 Å². The predicted octanol–water partition coefficient (Wildman–Crippen LogP) is 4.28. The molecule has 0 atom stereocenters. The number of hydrogen-bond acceptors (Lipinski definition) is 5. The molecule has 25 heavy (non-hydrogen) atoms. The van der Waals surface area contributed by atoms with Gasteiger partial charge in [-0.15, -0.1) is 11.3 Å². The van der Waals surface area contributed by atoms with Crippen molar-refractivity contribution in [1.82, 2.24) is 15.5 Å². The molecule has 0 aliphatic carbocycles. The smallest absolute Gasteiger partial charge is 0.261 e. The fourth-order valence-corrected chi connectivity index (χ4v) is 3.29.